The number of aromatic amines is 1. The molecule has 93 heavy (non-hydrogen) atoms. The predicted molar refractivity (Wildman–Crippen MR) is 357 cm³/mol. The molecule has 2 aromatic heterocycles. The molecule has 3 saturated heterocycles. The quantitative estimate of drug-likeness (QED) is 0.0173. The number of imide groups is 2. The third-order valence-corrected chi connectivity index (χ3v) is 21.1. The van der Waals surface area contributed by atoms with Gasteiger partial charge in [0.25, 0.3) is 33.4 Å². The minimum Gasteiger partial charge on any atom is -0.455 e. The maximum absolute atomic E-state index is 14.2. The summed E-state index contributed by atoms with van der Waals surface area (Å²) in [7, 11) is -4.62. The molecule has 4 aromatic carbocycles. The van der Waals surface area contributed by atoms with Crippen LogP contribution >= 0.6 is 11.6 Å². The molecule has 5 N–H and O–H groups in total. The van der Waals surface area contributed by atoms with Gasteiger partial charge in [0, 0.05) is 125 Å². The second-order valence-electron chi connectivity index (χ2n) is 26.4. The minimum atomic E-state index is -4.62. The molecule has 24 heteroatoms. The Morgan fingerprint density at radius 3 is 2.33 bits per heavy atom. The van der Waals surface area contributed by atoms with Crippen molar-refractivity contribution in [3.8, 4) is 11.5 Å². The van der Waals surface area contributed by atoms with Crippen LogP contribution in [0.15, 0.2) is 114 Å². The van der Waals surface area contributed by atoms with E-state index in [-0.39, 0.29) is 52.3 Å². The molecule has 12 rings (SSSR count). The van der Waals surface area contributed by atoms with Crippen molar-refractivity contribution in [1.82, 2.24) is 39.6 Å². The number of benzene rings is 4. The molecule has 0 bridgehead atoms. The van der Waals surface area contributed by atoms with Crippen LogP contribution in [-0.4, -0.2) is 163 Å². The number of fused-ring (bicyclic) bond motifs is 2. The average Bonchev–Trinajstić information content (AvgIpc) is 1.57. The number of allylic oxidation sites excluding steroid dienone is 1. The maximum Gasteiger partial charge on any atom is 0.293 e. The fraction of sp³-hybridized carbons (Fsp3) is 0.449. The number of hydrogen-bond donors (Lipinski definition) is 5. The van der Waals surface area contributed by atoms with Gasteiger partial charge in [0.1, 0.15) is 28.9 Å². The van der Waals surface area contributed by atoms with Crippen LogP contribution in [0.5, 0.6) is 11.5 Å². The molecule has 6 heterocycles. The van der Waals surface area contributed by atoms with E-state index in [9.17, 15) is 42.5 Å². The van der Waals surface area contributed by atoms with E-state index in [2.05, 4.69) is 76.2 Å². The topological polar surface area (TPSA) is 265 Å². The van der Waals surface area contributed by atoms with Crippen molar-refractivity contribution in [3.05, 3.63) is 146 Å². The highest BCUT2D eigenvalue weighted by Crippen LogP contribution is 2.44. The van der Waals surface area contributed by atoms with Gasteiger partial charge in [-0.15, -0.1) is 0 Å². The predicted octanol–water partition coefficient (Wildman–Crippen LogP) is 10.5. The number of nitrogens with one attached hydrogen (secondary N) is 5. The van der Waals surface area contributed by atoms with Gasteiger partial charge >= 0.3 is 0 Å². The van der Waals surface area contributed by atoms with Crippen LogP contribution < -0.4 is 30.3 Å². The van der Waals surface area contributed by atoms with E-state index in [1.54, 1.807) is 48.7 Å². The Kier molecular flexibility index (Phi) is 19.6. The molecule has 4 aliphatic heterocycles. The molecule has 490 valence electrons. The summed E-state index contributed by atoms with van der Waals surface area (Å²) in [6.07, 6.45) is 14.6. The van der Waals surface area contributed by atoms with Crippen molar-refractivity contribution in [2.75, 3.05) is 94.1 Å². The van der Waals surface area contributed by atoms with Gasteiger partial charge in [0.05, 0.1) is 32.7 Å². The number of piperazine rings is 2. The van der Waals surface area contributed by atoms with Crippen molar-refractivity contribution >= 4 is 90.5 Å². The lowest BCUT2D eigenvalue weighted by Crippen LogP contribution is -2.54. The first-order valence-electron chi connectivity index (χ1n) is 32.7. The Bertz CT molecular complexity index is 3970. The Hall–Kier alpha value is -8.22. The number of hydrogen-bond acceptors (Lipinski definition) is 17. The zero-order chi connectivity index (χ0) is 65.0. The van der Waals surface area contributed by atoms with Crippen molar-refractivity contribution in [3.63, 3.8) is 0 Å². The third-order valence-electron chi connectivity index (χ3n) is 19.6. The zero-order valence-electron chi connectivity index (χ0n) is 52.7. The lowest BCUT2D eigenvalue weighted by atomic mass is 9.72. The minimum absolute atomic E-state index is 0.0479. The van der Waals surface area contributed by atoms with E-state index >= 15 is 0 Å². The van der Waals surface area contributed by atoms with E-state index in [1.807, 2.05) is 18.2 Å². The number of sulfonamides is 1. The standard InChI is InChI=1S/C69H81ClN12O10S/c1-69(2)26-24-48(56(41-69)46-12-14-49(70)15-13-46)44-78-32-36-80(37-33-78)51-18-20-54(61(39-51)92-52-38-47-25-28-72-64(47)74-43-52)65(84)76-93(90,91)53-19-21-57(60(40-53)82(88)89)73-42-45-10-16-50(17-11-45)79-34-30-77(31-35-79)29-6-4-3-5-27-71-58-9-7-8-55-63(58)68(87)81(67(55)86)59-22-23-62(83)75-66(59)85/h7-9,12-15,18-21,25,28,38-40,43,45,50,59,71,73H,3-6,10-11,16-17,22-24,26-27,29-37,41-42,44H2,1-2H3,(H,72,74)(H,76,84)(H,75,83,85)/t45-,50+,59?. The highest BCUT2D eigenvalue weighted by atomic mass is 35.5. The van der Waals surface area contributed by atoms with Crippen molar-refractivity contribution < 1.29 is 42.1 Å². The number of rotatable bonds is 23. The molecule has 6 aromatic rings. The Labute approximate surface area is 547 Å². The van der Waals surface area contributed by atoms with Crippen LogP contribution in [0.1, 0.15) is 134 Å². The number of piperidine rings is 1. The van der Waals surface area contributed by atoms with Gasteiger partial charge in [-0.3, -0.25) is 54.1 Å². The van der Waals surface area contributed by atoms with Crippen molar-refractivity contribution in [2.45, 2.75) is 114 Å². The van der Waals surface area contributed by atoms with Gasteiger partial charge in [-0.1, -0.05) is 62.1 Å². The first-order valence-corrected chi connectivity index (χ1v) is 34.5. The summed E-state index contributed by atoms with van der Waals surface area (Å²) in [5, 5.41) is 22.9. The number of halogens is 1. The van der Waals surface area contributed by atoms with Gasteiger partial charge in [-0.05, 0) is 154 Å². The van der Waals surface area contributed by atoms with Crippen molar-refractivity contribution in [2.24, 2.45) is 11.3 Å². The maximum atomic E-state index is 14.2. The number of nitrogens with zero attached hydrogens (tertiary/aromatic N) is 7. The SMILES string of the molecule is CC1(C)CCC(CN2CCN(c3ccc(C(=O)NS(=O)(=O)c4ccc(NC[C@H]5CC[C@@H](N6CCN(CCCCCCNc7cccc8c7C(=O)N(C7CCC(=O)NC7=O)C8=O)CC6)CC5)c([N+](=O)[O-])c4)c(Oc4cnc5[nH]ccc5c4)c3)CC2)=C(c2ccc(Cl)cc2)C1. The molecule has 6 aliphatic rings. The summed E-state index contributed by atoms with van der Waals surface area (Å²) in [4.78, 5) is 94.9. The number of pyridine rings is 1. The number of carbonyl (C=O) groups is 5. The van der Waals surface area contributed by atoms with E-state index in [4.69, 9.17) is 16.3 Å². The van der Waals surface area contributed by atoms with Gasteiger partial charge in [0.15, 0.2) is 0 Å². The molecule has 0 radical (unpaired) electrons. The number of nitro groups is 1. The number of aromatic nitrogens is 2. The summed E-state index contributed by atoms with van der Waals surface area (Å²) in [6, 6.07) is 25.1. The molecule has 2 aliphatic carbocycles. The lowest BCUT2D eigenvalue weighted by Gasteiger charge is -2.42. The molecule has 1 unspecified atom stereocenters. The van der Waals surface area contributed by atoms with E-state index in [0.29, 0.717) is 49.3 Å². The second kappa shape index (κ2) is 28.2. The summed E-state index contributed by atoms with van der Waals surface area (Å²) < 4.78 is 36.6. The summed E-state index contributed by atoms with van der Waals surface area (Å²) in [5.41, 5.74) is 6.58. The lowest BCUT2D eigenvalue weighted by molar-refractivity contribution is -0.384. The second-order valence-corrected chi connectivity index (χ2v) is 28.5. The van der Waals surface area contributed by atoms with Crippen LogP contribution in [-0.2, 0) is 19.6 Å². The molecular weight excluding hydrogens is 1220 g/mol. The van der Waals surface area contributed by atoms with Crippen LogP contribution in [0.4, 0.5) is 22.7 Å². The number of anilines is 3. The van der Waals surface area contributed by atoms with E-state index in [1.165, 1.54) is 35.0 Å². The molecule has 1 saturated carbocycles. The zero-order valence-corrected chi connectivity index (χ0v) is 54.3. The number of carbonyl (C=O) groups excluding carboxylic acids is 5. The summed E-state index contributed by atoms with van der Waals surface area (Å²) in [5.74, 6) is -2.31. The fourth-order valence-corrected chi connectivity index (χ4v) is 15.3. The van der Waals surface area contributed by atoms with Crippen LogP contribution in [0.3, 0.4) is 0 Å². The van der Waals surface area contributed by atoms with Gasteiger partial charge in [0.2, 0.25) is 11.8 Å². The largest absolute Gasteiger partial charge is 0.455 e. The number of amides is 5. The van der Waals surface area contributed by atoms with Gasteiger partial charge in [-0.2, -0.15) is 0 Å². The summed E-state index contributed by atoms with van der Waals surface area (Å²) in [6.45, 7) is 14.7. The third kappa shape index (κ3) is 15.1. The molecule has 5 amide bonds. The van der Waals surface area contributed by atoms with Crippen LogP contribution in [0, 0.1) is 21.4 Å². The highest BCUT2D eigenvalue weighted by Gasteiger charge is 2.46. The fourth-order valence-electron chi connectivity index (χ4n) is 14.2. The first-order chi connectivity index (χ1) is 44.8. The molecule has 22 nitrogen and oxygen atoms in total. The Morgan fingerprint density at radius 1 is 0.806 bits per heavy atom. The molecule has 4 fully saturated rings. The smallest absolute Gasteiger partial charge is 0.293 e. The molecular formula is C69H81ClN12O10S. The molecule has 1 atom stereocenters. The van der Waals surface area contributed by atoms with Gasteiger partial charge < -0.3 is 30.2 Å². The van der Waals surface area contributed by atoms with Crippen molar-refractivity contribution in [1.29, 1.82) is 0 Å². The Morgan fingerprint density at radius 2 is 1.57 bits per heavy atom. The number of unbranched alkanes of at least 4 members (excludes halogenated alkanes) is 3. The monoisotopic (exact) mass is 1300 g/mol. The van der Waals surface area contributed by atoms with Crippen LogP contribution in [0.25, 0.3) is 16.6 Å². The van der Waals surface area contributed by atoms with E-state index in [0.717, 1.165) is 150 Å². The average molecular weight is 1310 g/mol. The highest BCUT2D eigenvalue weighted by molar-refractivity contribution is 7.90. The van der Waals surface area contributed by atoms with Gasteiger partial charge in [-0.25, -0.2) is 18.1 Å². The number of ether oxygens (including phenoxy) is 1. The Balaban J connectivity index is 0.595. The van der Waals surface area contributed by atoms with Crippen LogP contribution in [0.2, 0.25) is 5.02 Å². The number of H-pyrrole nitrogens is 1. The molecule has 0 spiro atoms. The normalized spacial score (nSPS) is 20.8. The van der Waals surface area contributed by atoms with E-state index < -0.39 is 61.1 Å². The summed E-state index contributed by atoms with van der Waals surface area (Å²) >= 11 is 6.28. The number of nitro benzene ring substituents is 1. The first kappa shape index (κ1) is 64.9.